The van der Waals surface area contributed by atoms with Gasteiger partial charge in [-0.2, -0.15) is 5.26 Å². The standard InChI is InChI=1S/C24H27N3O5S/c1-27(24(17-25)11-5-2-6-12-24)22(29)15-32-23(30)19-9-3-4-10-20(19)33-16-21(28)26-14-18-8-7-13-31-18/h3-4,7-10,13H,2,5-6,11-12,14-16H2,1H3,(H,26,28). The molecule has 9 heteroatoms. The normalized spacial score (nSPS) is 14.7. The van der Waals surface area contributed by atoms with Crippen LogP contribution in [0.15, 0.2) is 52.0 Å². The molecule has 0 atom stereocenters. The molecule has 3 rings (SSSR count). The lowest BCUT2D eigenvalue weighted by atomic mass is 9.81. The van der Waals surface area contributed by atoms with Crippen molar-refractivity contribution in [1.82, 2.24) is 10.2 Å². The number of amides is 2. The molecule has 1 heterocycles. The van der Waals surface area contributed by atoms with Crippen molar-refractivity contribution < 1.29 is 23.5 Å². The number of carbonyl (C=O) groups excluding carboxylic acids is 3. The fourth-order valence-corrected chi connectivity index (χ4v) is 4.62. The number of nitriles is 1. The van der Waals surface area contributed by atoms with Gasteiger partial charge in [-0.25, -0.2) is 4.79 Å². The average Bonchev–Trinajstić information content (AvgIpc) is 3.38. The van der Waals surface area contributed by atoms with Gasteiger partial charge in [-0.1, -0.05) is 31.4 Å². The maximum atomic E-state index is 12.7. The molecule has 2 amide bonds. The van der Waals surface area contributed by atoms with Crippen LogP contribution >= 0.6 is 11.8 Å². The fourth-order valence-electron chi connectivity index (χ4n) is 3.75. The molecular weight excluding hydrogens is 442 g/mol. The van der Waals surface area contributed by atoms with E-state index in [1.165, 1.54) is 22.9 Å². The third-order valence-electron chi connectivity index (χ3n) is 5.74. The van der Waals surface area contributed by atoms with Crippen molar-refractivity contribution in [3.8, 4) is 6.07 Å². The van der Waals surface area contributed by atoms with Crippen LogP contribution in [0.25, 0.3) is 0 Å². The Bertz CT molecular complexity index is 1010. The molecule has 1 N–H and O–H groups in total. The molecule has 2 aromatic rings. The highest BCUT2D eigenvalue weighted by Gasteiger charge is 2.39. The maximum Gasteiger partial charge on any atom is 0.339 e. The SMILES string of the molecule is CN(C(=O)COC(=O)c1ccccc1SCC(=O)NCc1ccco1)C1(C#N)CCCCC1. The van der Waals surface area contributed by atoms with Crippen LogP contribution in [0.5, 0.6) is 0 Å². The first-order chi connectivity index (χ1) is 15.9. The summed E-state index contributed by atoms with van der Waals surface area (Å²) in [5, 5.41) is 12.4. The molecule has 0 spiro atoms. The summed E-state index contributed by atoms with van der Waals surface area (Å²) in [7, 11) is 1.59. The molecular formula is C24H27N3O5S. The number of hydrogen-bond donors (Lipinski definition) is 1. The van der Waals surface area contributed by atoms with Crippen molar-refractivity contribution in [2.24, 2.45) is 0 Å². The Balaban J connectivity index is 1.53. The van der Waals surface area contributed by atoms with E-state index in [-0.39, 0.29) is 23.8 Å². The summed E-state index contributed by atoms with van der Waals surface area (Å²) in [6, 6.07) is 12.6. The average molecular weight is 470 g/mol. The molecule has 1 aromatic carbocycles. The van der Waals surface area contributed by atoms with Gasteiger partial charge in [0.15, 0.2) is 6.61 Å². The predicted molar refractivity (Wildman–Crippen MR) is 122 cm³/mol. The van der Waals surface area contributed by atoms with Gasteiger partial charge in [-0.3, -0.25) is 9.59 Å². The number of benzene rings is 1. The van der Waals surface area contributed by atoms with Crippen LogP contribution in [0.1, 0.15) is 48.2 Å². The van der Waals surface area contributed by atoms with Gasteiger partial charge in [0.25, 0.3) is 5.91 Å². The van der Waals surface area contributed by atoms with E-state index in [1.54, 1.807) is 43.4 Å². The second-order valence-corrected chi connectivity index (χ2v) is 8.89. The fraction of sp³-hybridized carbons (Fsp3) is 0.417. The second kappa shape index (κ2) is 11.6. The first-order valence-electron chi connectivity index (χ1n) is 10.8. The zero-order chi connectivity index (χ0) is 23.7. The van der Waals surface area contributed by atoms with E-state index in [1.807, 2.05) is 0 Å². The summed E-state index contributed by atoms with van der Waals surface area (Å²) in [4.78, 5) is 39.4. The number of nitrogens with zero attached hydrogens (tertiary/aromatic N) is 2. The smallest absolute Gasteiger partial charge is 0.339 e. The topological polar surface area (TPSA) is 113 Å². The van der Waals surface area contributed by atoms with Crippen molar-refractivity contribution in [3.05, 3.63) is 54.0 Å². The van der Waals surface area contributed by atoms with Gasteiger partial charge in [0, 0.05) is 11.9 Å². The van der Waals surface area contributed by atoms with Crippen LogP contribution in [0.4, 0.5) is 0 Å². The predicted octanol–water partition coefficient (Wildman–Crippen LogP) is 3.53. The lowest BCUT2D eigenvalue weighted by molar-refractivity contribution is -0.138. The first-order valence-corrected chi connectivity index (χ1v) is 11.8. The van der Waals surface area contributed by atoms with E-state index in [2.05, 4.69) is 11.4 Å². The summed E-state index contributed by atoms with van der Waals surface area (Å²) >= 11 is 1.21. The number of ether oxygens (including phenoxy) is 1. The van der Waals surface area contributed by atoms with E-state index < -0.39 is 24.0 Å². The number of thioether (sulfide) groups is 1. The van der Waals surface area contributed by atoms with Gasteiger partial charge < -0.3 is 19.4 Å². The largest absolute Gasteiger partial charge is 0.467 e. The number of carbonyl (C=O) groups is 3. The number of nitrogens with one attached hydrogen (secondary N) is 1. The number of hydrogen-bond acceptors (Lipinski definition) is 7. The summed E-state index contributed by atoms with van der Waals surface area (Å²) in [5.41, 5.74) is -0.553. The molecule has 0 bridgehead atoms. The molecule has 0 saturated heterocycles. The van der Waals surface area contributed by atoms with Crippen molar-refractivity contribution in [2.45, 2.75) is 49.1 Å². The third kappa shape index (κ3) is 6.39. The Kier molecular flexibility index (Phi) is 8.55. The molecule has 1 aliphatic carbocycles. The van der Waals surface area contributed by atoms with Gasteiger partial charge in [0.1, 0.15) is 11.3 Å². The Hall–Kier alpha value is -3.25. The lowest BCUT2D eigenvalue weighted by Crippen LogP contribution is -2.51. The molecule has 1 aromatic heterocycles. The quantitative estimate of drug-likeness (QED) is 0.441. The highest BCUT2D eigenvalue weighted by molar-refractivity contribution is 8.00. The van der Waals surface area contributed by atoms with Crippen LogP contribution < -0.4 is 5.32 Å². The van der Waals surface area contributed by atoms with Gasteiger partial charge in [0.05, 0.1) is 30.2 Å². The van der Waals surface area contributed by atoms with Crippen molar-refractivity contribution in [1.29, 1.82) is 5.26 Å². The monoisotopic (exact) mass is 469 g/mol. The van der Waals surface area contributed by atoms with E-state index in [0.29, 0.717) is 23.5 Å². The molecule has 33 heavy (non-hydrogen) atoms. The van der Waals surface area contributed by atoms with Crippen LogP contribution in [-0.4, -0.2) is 47.6 Å². The van der Waals surface area contributed by atoms with Gasteiger partial charge in [-0.15, -0.1) is 11.8 Å². The van der Waals surface area contributed by atoms with E-state index >= 15 is 0 Å². The summed E-state index contributed by atoms with van der Waals surface area (Å²) in [6.45, 7) is -0.155. The molecule has 1 saturated carbocycles. The van der Waals surface area contributed by atoms with Crippen LogP contribution in [-0.2, 0) is 20.9 Å². The first kappa shape index (κ1) is 24.4. The molecule has 0 radical (unpaired) electrons. The van der Waals surface area contributed by atoms with Gasteiger partial charge in [-0.05, 0) is 37.1 Å². The number of likely N-dealkylation sites (N-methyl/N-ethyl adjacent to an activating group) is 1. The molecule has 0 aliphatic heterocycles. The minimum Gasteiger partial charge on any atom is -0.467 e. The van der Waals surface area contributed by atoms with Gasteiger partial charge >= 0.3 is 5.97 Å². The Morgan fingerprint density at radius 1 is 1.18 bits per heavy atom. The van der Waals surface area contributed by atoms with Gasteiger partial charge in [0.2, 0.25) is 5.91 Å². The number of esters is 1. The van der Waals surface area contributed by atoms with E-state index in [9.17, 15) is 19.6 Å². The van der Waals surface area contributed by atoms with Crippen molar-refractivity contribution in [3.63, 3.8) is 0 Å². The molecule has 0 unspecified atom stereocenters. The zero-order valence-electron chi connectivity index (χ0n) is 18.5. The van der Waals surface area contributed by atoms with Crippen molar-refractivity contribution >= 4 is 29.5 Å². The lowest BCUT2D eigenvalue weighted by Gasteiger charge is -2.38. The zero-order valence-corrected chi connectivity index (χ0v) is 19.4. The molecule has 1 aliphatic rings. The Labute approximate surface area is 197 Å². The summed E-state index contributed by atoms with van der Waals surface area (Å²) in [6.07, 6.45) is 5.63. The number of rotatable bonds is 9. The molecule has 174 valence electrons. The van der Waals surface area contributed by atoms with E-state index in [4.69, 9.17) is 9.15 Å². The summed E-state index contributed by atoms with van der Waals surface area (Å²) < 4.78 is 10.5. The molecule has 8 nitrogen and oxygen atoms in total. The maximum absolute atomic E-state index is 12.7. The van der Waals surface area contributed by atoms with E-state index in [0.717, 1.165) is 19.3 Å². The minimum absolute atomic E-state index is 0.108. The van der Waals surface area contributed by atoms with Crippen LogP contribution in [0.2, 0.25) is 0 Å². The Morgan fingerprint density at radius 3 is 2.64 bits per heavy atom. The third-order valence-corrected chi connectivity index (χ3v) is 6.81. The second-order valence-electron chi connectivity index (χ2n) is 7.87. The van der Waals surface area contributed by atoms with Crippen LogP contribution in [0.3, 0.4) is 0 Å². The summed E-state index contributed by atoms with van der Waals surface area (Å²) in [5.74, 6) is -0.499. The van der Waals surface area contributed by atoms with Crippen molar-refractivity contribution in [2.75, 3.05) is 19.4 Å². The highest BCUT2D eigenvalue weighted by atomic mass is 32.2. The Morgan fingerprint density at radius 2 is 1.94 bits per heavy atom. The number of furan rings is 1. The minimum atomic E-state index is -0.835. The highest BCUT2D eigenvalue weighted by Crippen LogP contribution is 2.32. The molecule has 1 fully saturated rings. The van der Waals surface area contributed by atoms with Crippen LogP contribution in [0, 0.1) is 11.3 Å².